The van der Waals surface area contributed by atoms with Crippen LogP contribution in [0.2, 0.25) is 0 Å². The lowest BCUT2D eigenvalue weighted by Gasteiger charge is -2.34. The van der Waals surface area contributed by atoms with Gasteiger partial charge in [-0.15, -0.1) is 0 Å². The predicted octanol–water partition coefficient (Wildman–Crippen LogP) is 17.8. The molecule has 0 radical (unpaired) electrons. The molecule has 0 heterocycles. The van der Waals surface area contributed by atoms with Crippen molar-refractivity contribution >= 4 is 17.1 Å². The number of hydrogen-bond donors (Lipinski definition) is 0. The third-order valence-electron chi connectivity index (χ3n) is 14.3. The predicted molar refractivity (Wildman–Crippen MR) is 285 cm³/mol. The van der Waals surface area contributed by atoms with E-state index in [4.69, 9.17) is 0 Å². The number of anilines is 3. The summed E-state index contributed by atoms with van der Waals surface area (Å²) in [6.45, 7) is 0. The van der Waals surface area contributed by atoms with Gasteiger partial charge in [0.2, 0.25) is 0 Å². The van der Waals surface area contributed by atoms with Crippen LogP contribution in [-0.2, 0) is 5.41 Å². The van der Waals surface area contributed by atoms with Gasteiger partial charge in [-0.05, 0) is 113 Å². The summed E-state index contributed by atoms with van der Waals surface area (Å²) in [4.78, 5) is 2.55. The summed E-state index contributed by atoms with van der Waals surface area (Å²) >= 11 is 0. The zero-order valence-electron chi connectivity index (χ0n) is 37.4. The molecular weight excluding hydrogens is 819 g/mol. The first-order valence-electron chi connectivity index (χ1n) is 23.6. The normalized spacial score (nSPS) is 12.5. The summed E-state index contributed by atoms with van der Waals surface area (Å²) in [5.41, 5.74) is 25.0. The van der Waals surface area contributed by atoms with Crippen LogP contribution in [0, 0.1) is 0 Å². The third-order valence-corrected chi connectivity index (χ3v) is 14.3. The smallest absolute Gasteiger partial charge is 0.0726 e. The number of para-hydroxylation sites is 1. The molecule has 0 atom stereocenters. The molecule has 0 amide bonds. The van der Waals surface area contributed by atoms with E-state index in [1.165, 1.54) is 89.0 Å². The van der Waals surface area contributed by atoms with Crippen LogP contribution in [0.3, 0.4) is 0 Å². The number of benzene rings is 11. The van der Waals surface area contributed by atoms with Gasteiger partial charge in [0.25, 0.3) is 0 Å². The fraction of sp³-hybridized carbons (Fsp3) is 0.0149. The Bertz CT molecular complexity index is 3600. The largest absolute Gasteiger partial charge is 0.309 e. The van der Waals surface area contributed by atoms with Crippen LogP contribution in [0.4, 0.5) is 17.1 Å². The molecule has 0 bridgehead atoms. The highest BCUT2D eigenvalue weighted by molar-refractivity contribution is 6.04. The van der Waals surface area contributed by atoms with Crippen LogP contribution in [0.25, 0.3) is 77.9 Å². The minimum atomic E-state index is -0.498. The molecule has 2 aliphatic carbocycles. The molecule has 0 fully saturated rings. The van der Waals surface area contributed by atoms with Crippen LogP contribution >= 0.6 is 0 Å². The minimum Gasteiger partial charge on any atom is -0.309 e. The van der Waals surface area contributed by atoms with Gasteiger partial charge in [-0.1, -0.05) is 249 Å². The van der Waals surface area contributed by atoms with E-state index in [9.17, 15) is 0 Å². The van der Waals surface area contributed by atoms with Crippen molar-refractivity contribution < 1.29 is 0 Å². The van der Waals surface area contributed by atoms with Gasteiger partial charge in [0.1, 0.15) is 0 Å². The van der Waals surface area contributed by atoms with Crippen molar-refractivity contribution in [1.29, 1.82) is 0 Å². The Morgan fingerprint density at radius 2 is 0.603 bits per heavy atom. The molecule has 11 aromatic carbocycles. The summed E-state index contributed by atoms with van der Waals surface area (Å²) in [6, 6.07) is 101. The van der Waals surface area contributed by atoms with Crippen molar-refractivity contribution in [3.8, 4) is 77.9 Å². The third kappa shape index (κ3) is 6.17. The van der Waals surface area contributed by atoms with Gasteiger partial charge in [-0.25, -0.2) is 0 Å². The molecule has 1 spiro atoms. The zero-order valence-corrected chi connectivity index (χ0v) is 37.4. The lowest BCUT2D eigenvalue weighted by molar-refractivity contribution is 0.793. The van der Waals surface area contributed by atoms with Crippen LogP contribution in [0.5, 0.6) is 0 Å². The van der Waals surface area contributed by atoms with E-state index in [0.717, 1.165) is 28.2 Å². The topological polar surface area (TPSA) is 3.24 Å². The molecule has 0 aromatic heterocycles. The fourth-order valence-corrected chi connectivity index (χ4v) is 11.5. The van der Waals surface area contributed by atoms with Crippen molar-refractivity contribution in [2.24, 2.45) is 0 Å². The van der Waals surface area contributed by atoms with Crippen LogP contribution in [-0.4, -0.2) is 0 Å². The molecule has 0 saturated heterocycles. The van der Waals surface area contributed by atoms with E-state index in [2.05, 4.69) is 278 Å². The van der Waals surface area contributed by atoms with Crippen molar-refractivity contribution in [1.82, 2.24) is 0 Å². The SMILES string of the molecule is c1ccc(-c2ccc(-c3ccccc3N(c3ccc4c(c3)C3(c5ccccc5-c5ccccc53)c3ccccc3-4)c3cccc(-c4ccccc4)c3-c3ccccc3-c3ccccc3)cc2)cc1. The van der Waals surface area contributed by atoms with Crippen molar-refractivity contribution in [2.75, 3.05) is 4.90 Å². The molecule has 1 heteroatoms. The van der Waals surface area contributed by atoms with Crippen molar-refractivity contribution in [3.05, 3.63) is 295 Å². The second-order valence-corrected chi connectivity index (χ2v) is 17.9. The maximum Gasteiger partial charge on any atom is 0.0726 e. The summed E-state index contributed by atoms with van der Waals surface area (Å²) in [5, 5.41) is 0. The number of hydrogen-bond acceptors (Lipinski definition) is 1. The maximum atomic E-state index is 2.55. The highest BCUT2D eigenvalue weighted by atomic mass is 15.1. The highest BCUT2D eigenvalue weighted by Crippen LogP contribution is 2.63. The van der Waals surface area contributed by atoms with Crippen LogP contribution in [0.15, 0.2) is 273 Å². The van der Waals surface area contributed by atoms with Gasteiger partial charge in [0.15, 0.2) is 0 Å². The molecule has 11 aromatic rings. The Labute approximate surface area is 398 Å². The monoisotopic (exact) mass is 863 g/mol. The molecule has 0 N–H and O–H groups in total. The molecule has 0 aliphatic heterocycles. The lowest BCUT2D eigenvalue weighted by atomic mass is 9.70. The highest BCUT2D eigenvalue weighted by Gasteiger charge is 2.51. The van der Waals surface area contributed by atoms with Gasteiger partial charge in [0, 0.05) is 16.8 Å². The number of nitrogens with zero attached hydrogens (tertiary/aromatic N) is 1. The van der Waals surface area contributed by atoms with Crippen LogP contribution in [0.1, 0.15) is 22.3 Å². The Kier molecular flexibility index (Phi) is 9.47. The molecule has 1 nitrogen and oxygen atoms in total. The summed E-state index contributed by atoms with van der Waals surface area (Å²) in [5.74, 6) is 0. The molecule has 68 heavy (non-hydrogen) atoms. The first kappa shape index (κ1) is 39.6. The van der Waals surface area contributed by atoms with Gasteiger partial charge in [0.05, 0.1) is 16.8 Å². The standard InChI is InChI=1S/C67H45N/c1-4-21-46(22-5-1)47-39-41-50(42-40-47)53-28-15-19-37-64(53)68(65-38-20-33-54(49-25-8-3-9-26-49)66(65)59-32-11-10-27-52(59)48-23-6-2-7-24-48)51-43-44-58-57-31-14-18-36-62(57)67(63(58)45-51)60-34-16-12-29-55(60)56-30-13-17-35-61(56)67/h1-45H. The van der Waals surface area contributed by atoms with Crippen LogP contribution < -0.4 is 4.90 Å². The van der Waals surface area contributed by atoms with E-state index in [0.29, 0.717) is 0 Å². The number of rotatable bonds is 8. The quantitative estimate of drug-likeness (QED) is 0.147. The van der Waals surface area contributed by atoms with E-state index in [-0.39, 0.29) is 0 Å². The fourth-order valence-electron chi connectivity index (χ4n) is 11.5. The minimum absolute atomic E-state index is 0.498. The van der Waals surface area contributed by atoms with E-state index < -0.39 is 5.41 Å². The molecule has 0 saturated carbocycles. The molecule has 13 rings (SSSR count). The van der Waals surface area contributed by atoms with E-state index in [1.807, 2.05) is 0 Å². The molecule has 0 unspecified atom stereocenters. The summed E-state index contributed by atoms with van der Waals surface area (Å²) in [6.07, 6.45) is 0. The van der Waals surface area contributed by atoms with Crippen molar-refractivity contribution in [3.63, 3.8) is 0 Å². The average molecular weight is 864 g/mol. The lowest BCUT2D eigenvalue weighted by Crippen LogP contribution is -2.26. The maximum absolute atomic E-state index is 2.55. The van der Waals surface area contributed by atoms with Gasteiger partial charge in [-0.2, -0.15) is 0 Å². The van der Waals surface area contributed by atoms with Crippen molar-refractivity contribution in [2.45, 2.75) is 5.41 Å². The first-order chi connectivity index (χ1) is 33.8. The number of fused-ring (bicyclic) bond motifs is 10. The molecular formula is C67H45N. The molecule has 318 valence electrons. The van der Waals surface area contributed by atoms with E-state index >= 15 is 0 Å². The average Bonchev–Trinajstić information content (AvgIpc) is 3.89. The Morgan fingerprint density at radius 3 is 1.19 bits per heavy atom. The Hall–Kier alpha value is -8.78. The Morgan fingerprint density at radius 1 is 0.221 bits per heavy atom. The first-order valence-corrected chi connectivity index (χ1v) is 23.6. The van der Waals surface area contributed by atoms with E-state index in [1.54, 1.807) is 0 Å². The summed E-state index contributed by atoms with van der Waals surface area (Å²) in [7, 11) is 0. The second kappa shape index (κ2) is 16.3. The zero-order chi connectivity index (χ0) is 45.0. The van der Waals surface area contributed by atoms with Gasteiger partial charge in [-0.3, -0.25) is 0 Å². The summed E-state index contributed by atoms with van der Waals surface area (Å²) < 4.78 is 0. The van der Waals surface area contributed by atoms with Gasteiger partial charge >= 0.3 is 0 Å². The second-order valence-electron chi connectivity index (χ2n) is 17.9. The van der Waals surface area contributed by atoms with Gasteiger partial charge < -0.3 is 4.90 Å². The molecule has 2 aliphatic rings. The Balaban J connectivity index is 1.12.